The first-order valence-corrected chi connectivity index (χ1v) is 11.6. The number of para-hydroxylation sites is 2. The average molecular weight is 463 g/mol. The van der Waals surface area contributed by atoms with Crippen LogP contribution in [0.25, 0.3) is 44.1 Å². The molecule has 0 amide bonds. The molecular weight excluding hydrogens is 446 g/mol. The Balaban J connectivity index is 1.31. The molecule has 0 bridgehead atoms. The highest BCUT2D eigenvalue weighted by Crippen LogP contribution is 2.46. The molecule has 0 radical (unpaired) electrons. The molecule has 0 unspecified atom stereocenters. The zero-order chi connectivity index (χ0) is 24.1. The summed E-state index contributed by atoms with van der Waals surface area (Å²) in [6, 6.07) is 36.0. The Bertz CT molecular complexity index is 1850. The molecular formula is C31H17N3O2. The van der Waals surface area contributed by atoms with Crippen LogP contribution in [0.1, 0.15) is 5.56 Å². The smallest absolute Gasteiger partial charge is 0.284 e. The molecule has 5 heteroatoms. The number of rotatable bonds is 2. The lowest BCUT2D eigenvalue weighted by Gasteiger charge is -2.20. The van der Waals surface area contributed by atoms with Gasteiger partial charge in [-0.1, -0.05) is 66.7 Å². The monoisotopic (exact) mass is 463 g/mol. The van der Waals surface area contributed by atoms with Crippen LogP contribution in [0.2, 0.25) is 0 Å². The molecule has 168 valence electrons. The van der Waals surface area contributed by atoms with Gasteiger partial charge < -0.3 is 9.47 Å². The van der Waals surface area contributed by atoms with E-state index in [0.29, 0.717) is 28.8 Å². The Morgan fingerprint density at radius 2 is 1.11 bits per heavy atom. The van der Waals surface area contributed by atoms with Crippen molar-refractivity contribution in [1.82, 2.24) is 9.97 Å². The van der Waals surface area contributed by atoms with Crippen molar-refractivity contribution in [2.24, 2.45) is 0 Å². The third kappa shape index (κ3) is 3.24. The molecule has 1 aliphatic heterocycles. The number of hydrogen-bond acceptors (Lipinski definition) is 5. The fourth-order valence-electron chi connectivity index (χ4n) is 4.68. The van der Waals surface area contributed by atoms with E-state index in [-0.39, 0.29) is 0 Å². The number of nitrogens with zero attached hydrogens (tertiary/aromatic N) is 3. The summed E-state index contributed by atoms with van der Waals surface area (Å²) in [7, 11) is 0. The Kier molecular flexibility index (Phi) is 4.45. The Morgan fingerprint density at radius 1 is 0.556 bits per heavy atom. The van der Waals surface area contributed by atoms with E-state index in [2.05, 4.69) is 40.3 Å². The highest BCUT2D eigenvalue weighted by molar-refractivity contribution is 6.05. The number of nitriles is 1. The average Bonchev–Trinajstić information content (AvgIpc) is 2.94. The van der Waals surface area contributed by atoms with Gasteiger partial charge in [-0.25, -0.2) is 9.97 Å². The van der Waals surface area contributed by atoms with Crippen LogP contribution < -0.4 is 9.47 Å². The van der Waals surface area contributed by atoms with Crippen LogP contribution in [0.5, 0.6) is 23.3 Å². The predicted molar refractivity (Wildman–Crippen MR) is 139 cm³/mol. The zero-order valence-electron chi connectivity index (χ0n) is 19.0. The summed E-state index contributed by atoms with van der Waals surface area (Å²) < 4.78 is 12.2. The van der Waals surface area contributed by atoms with Gasteiger partial charge in [0.1, 0.15) is 0 Å². The van der Waals surface area contributed by atoms with E-state index in [4.69, 9.17) is 14.7 Å². The molecule has 0 atom stereocenters. The van der Waals surface area contributed by atoms with Crippen LogP contribution in [-0.4, -0.2) is 9.97 Å². The number of fused-ring (bicyclic) bond motifs is 4. The molecule has 5 aromatic carbocycles. The van der Waals surface area contributed by atoms with Crippen LogP contribution in [0.4, 0.5) is 0 Å². The maximum absolute atomic E-state index is 9.14. The third-order valence-corrected chi connectivity index (χ3v) is 6.43. The molecule has 0 fully saturated rings. The van der Waals surface area contributed by atoms with Crippen molar-refractivity contribution in [3.05, 3.63) is 109 Å². The lowest BCUT2D eigenvalue weighted by molar-refractivity contribution is 0.339. The molecule has 36 heavy (non-hydrogen) atoms. The predicted octanol–water partition coefficient (Wildman–Crippen LogP) is 7.89. The molecule has 1 aromatic heterocycles. The lowest BCUT2D eigenvalue weighted by Crippen LogP contribution is -2.03. The second-order valence-corrected chi connectivity index (χ2v) is 8.58. The summed E-state index contributed by atoms with van der Waals surface area (Å²) in [5.41, 5.74) is 6.45. The molecule has 2 heterocycles. The minimum absolute atomic E-state index is 0.361. The molecule has 7 rings (SSSR count). The molecule has 0 saturated heterocycles. The van der Waals surface area contributed by atoms with E-state index in [1.165, 1.54) is 0 Å². The topological polar surface area (TPSA) is 68.0 Å². The van der Waals surface area contributed by atoms with Gasteiger partial charge in [-0.15, -0.1) is 0 Å². The highest BCUT2D eigenvalue weighted by atomic mass is 16.6. The quantitative estimate of drug-likeness (QED) is 0.261. The third-order valence-electron chi connectivity index (χ3n) is 6.43. The molecule has 1 aliphatic rings. The first kappa shape index (κ1) is 20.2. The zero-order valence-corrected chi connectivity index (χ0v) is 19.0. The van der Waals surface area contributed by atoms with Crippen molar-refractivity contribution < 1.29 is 9.47 Å². The highest BCUT2D eigenvalue weighted by Gasteiger charge is 2.23. The van der Waals surface area contributed by atoms with Crippen LogP contribution in [0.15, 0.2) is 103 Å². The molecule has 0 saturated carbocycles. The van der Waals surface area contributed by atoms with Gasteiger partial charge >= 0.3 is 0 Å². The summed E-state index contributed by atoms with van der Waals surface area (Å²) in [5, 5.41) is 11.4. The molecule has 0 N–H and O–H groups in total. The molecule has 0 spiro atoms. The van der Waals surface area contributed by atoms with Gasteiger partial charge in [-0.05, 0) is 69.4 Å². The van der Waals surface area contributed by atoms with E-state index < -0.39 is 0 Å². The number of ether oxygens (including phenoxy) is 2. The van der Waals surface area contributed by atoms with Gasteiger partial charge in [0.2, 0.25) is 0 Å². The maximum Gasteiger partial charge on any atom is 0.284 e. The standard InChI is InChI=1S/C31H17N3O2/c32-18-19-9-11-20(12-10-19)22-14-15-23(25-6-2-1-5-24(22)25)21-13-16-28-29(17-21)36-31-30(35-28)33-26-7-3-4-8-27(26)34-31/h1-17H. The maximum atomic E-state index is 9.14. The lowest BCUT2D eigenvalue weighted by atomic mass is 9.92. The number of aromatic nitrogens is 2. The molecule has 6 aromatic rings. The SMILES string of the molecule is N#Cc1ccc(-c2ccc(-c3ccc4c(c3)Oc3nc5ccccc5nc3O4)c3ccccc23)cc1. The van der Waals surface area contributed by atoms with Crippen molar-refractivity contribution in [3.8, 4) is 51.6 Å². The van der Waals surface area contributed by atoms with Crippen molar-refractivity contribution >= 4 is 21.8 Å². The van der Waals surface area contributed by atoms with Crippen LogP contribution in [-0.2, 0) is 0 Å². The van der Waals surface area contributed by atoms with Crippen molar-refractivity contribution in [1.29, 1.82) is 5.26 Å². The minimum atomic E-state index is 0.361. The summed E-state index contributed by atoms with van der Waals surface area (Å²) in [4.78, 5) is 9.15. The fraction of sp³-hybridized carbons (Fsp3) is 0. The van der Waals surface area contributed by atoms with Gasteiger partial charge in [0.15, 0.2) is 11.5 Å². The van der Waals surface area contributed by atoms with E-state index >= 15 is 0 Å². The molecule has 0 aliphatic carbocycles. The normalized spacial score (nSPS) is 11.8. The molecule has 5 nitrogen and oxygen atoms in total. The van der Waals surface area contributed by atoms with Crippen molar-refractivity contribution in [2.45, 2.75) is 0 Å². The van der Waals surface area contributed by atoms with Crippen molar-refractivity contribution in [3.63, 3.8) is 0 Å². The summed E-state index contributed by atoms with van der Waals surface area (Å²) in [5.74, 6) is 1.93. The summed E-state index contributed by atoms with van der Waals surface area (Å²) >= 11 is 0. The second-order valence-electron chi connectivity index (χ2n) is 8.58. The van der Waals surface area contributed by atoms with Crippen molar-refractivity contribution in [2.75, 3.05) is 0 Å². The first-order chi connectivity index (χ1) is 17.8. The van der Waals surface area contributed by atoms with E-state index in [1.807, 2.05) is 78.9 Å². The van der Waals surface area contributed by atoms with Gasteiger partial charge in [0.25, 0.3) is 11.8 Å². The van der Waals surface area contributed by atoms with Crippen LogP contribution in [0.3, 0.4) is 0 Å². The largest absolute Gasteiger partial charge is 0.431 e. The second kappa shape index (κ2) is 7.93. The Morgan fingerprint density at radius 3 is 1.75 bits per heavy atom. The van der Waals surface area contributed by atoms with E-state index in [0.717, 1.165) is 44.1 Å². The Labute approximate surface area is 206 Å². The number of benzene rings is 5. The Hall–Kier alpha value is -5.21. The van der Waals surface area contributed by atoms with E-state index in [1.54, 1.807) is 0 Å². The van der Waals surface area contributed by atoms with E-state index in [9.17, 15) is 0 Å². The summed E-state index contributed by atoms with van der Waals surface area (Å²) in [6.07, 6.45) is 0. The van der Waals surface area contributed by atoms with Gasteiger partial charge in [-0.2, -0.15) is 5.26 Å². The van der Waals surface area contributed by atoms with Crippen LogP contribution >= 0.6 is 0 Å². The van der Waals surface area contributed by atoms with Gasteiger partial charge in [-0.3, -0.25) is 0 Å². The van der Waals surface area contributed by atoms with Crippen LogP contribution in [0, 0.1) is 11.3 Å². The first-order valence-electron chi connectivity index (χ1n) is 11.6. The minimum Gasteiger partial charge on any atom is -0.431 e. The number of hydrogen-bond donors (Lipinski definition) is 0. The van der Waals surface area contributed by atoms with Gasteiger partial charge in [0, 0.05) is 0 Å². The fourth-order valence-corrected chi connectivity index (χ4v) is 4.68. The van der Waals surface area contributed by atoms with Gasteiger partial charge in [0.05, 0.1) is 22.7 Å². The summed E-state index contributed by atoms with van der Waals surface area (Å²) in [6.45, 7) is 0.